The Morgan fingerprint density at radius 2 is 0.927 bits per heavy atom. The lowest BCUT2D eigenvalue weighted by Gasteiger charge is -2.28. The molecule has 0 rings (SSSR count). The number of unbranched alkanes of at least 4 members (excludes halogenated alkanes) is 27. The zero-order chi connectivity index (χ0) is 30.1. The average Bonchev–Trinajstić information content (AvgIpc) is 2.97. The summed E-state index contributed by atoms with van der Waals surface area (Å²) in [5, 5.41) is 13.6. The summed E-state index contributed by atoms with van der Waals surface area (Å²) >= 11 is 0. The molecule has 0 aliphatic carbocycles. The molecule has 0 aromatic carbocycles. The van der Waals surface area contributed by atoms with E-state index in [4.69, 9.17) is 5.73 Å². The minimum atomic E-state index is -1.25. The summed E-state index contributed by atoms with van der Waals surface area (Å²) in [6, 6.07) is 0. The number of hydrogen-bond acceptors (Lipinski definition) is 4. The van der Waals surface area contributed by atoms with E-state index >= 15 is 0 Å². The van der Waals surface area contributed by atoms with Crippen LogP contribution in [0, 0.1) is 0 Å². The van der Waals surface area contributed by atoms with E-state index in [1.54, 1.807) is 0 Å². The van der Waals surface area contributed by atoms with Gasteiger partial charge in [0, 0.05) is 19.4 Å². The molecule has 1 unspecified atom stereocenters. The van der Waals surface area contributed by atoms with Gasteiger partial charge in [0.1, 0.15) is 12.0 Å². The monoisotopic (exact) mass is 581 g/mol. The molecule has 4 N–H and O–H groups in total. The molecule has 0 aromatic heterocycles. The summed E-state index contributed by atoms with van der Waals surface area (Å²) in [5.41, 5.74) is 4.58. The second kappa shape index (κ2) is 32.0. The Morgan fingerprint density at radius 3 is 1.29 bits per heavy atom. The van der Waals surface area contributed by atoms with E-state index < -0.39 is 5.72 Å². The number of nitrogens with one attached hydrogen (secondary N) is 1. The Morgan fingerprint density at radius 1 is 0.585 bits per heavy atom. The Balaban J connectivity index is 3.52. The maximum Gasteiger partial charge on any atom is 0.222 e. The van der Waals surface area contributed by atoms with Gasteiger partial charge in [0.2, 0.25) is 5.91 Å². The smallest absolute Gasteiger partial charge is 0.222 e. The third-order valence-electron chi connectivity index (χ3n) is 8.63. The average molecular weight is 581 g/mol. The van der Waals surface area contributed by atoms with Crippen LogP contribution in [0.25, 0.3) is 0 Å². The molecule has 1 atom stereocenters. The summed E-state index contributed by atoms with van der Waals surface area (Å²) in [5.74, 6) is -0.0629. The van der Waals surface area contributed by atoms with Crippen molar-refractivity contribution in [3.63, 3.8) is 0 Å². The molecule has 0 radical (unpaired) electrons. The molecule has 5 nitrogen and oxygen atoms in total. The summed E-state index contributed by atoms with van der Waals surface area (Å²) in [4.78, 5) is 22.7. The van der Waals surface area contributed by atoms with Crippen LogP contribution in [0.15, 0.2) is 0 Å². The first-order valence-electron chi connectivity index (χ1n) is 18.2. The van der Waals surface area contributed by atoms with E-state index in [9.17, 15) is 14.7 Å². The van der Waals surface area contributed by atoms with Crippen molar-refractivity contribution in [3.05, 3.63) is 0 Å². The molecule has 0 bridgehead atoms. The fourth-order valence-corrected chi connectivity index (χ4v) is 5.78. The van der Waals surface area contributed by atoms with Crippen LogP contribution in [0.3, 0.4) is 0 Å². The van der Waals surface area contributed by atoms with Gasteiger partial charge in [0.15, 0.2) is 0 Å². The molecule has 0 fully saturated rings. The van der Waals surface area contributed by atoms with Crippen molar-refractivity contribution in [2.45, 2.75) is 212 Å². The minimum Gasteiger partial charge on any atom is -0.370 e. The number of rotatable bonds is 34. The van der Waals surface area contributed by atoms with Crippen molar-refractivity contribution in [2.75, 3.05) is 6.54 Å². The van der Waals surface area contributed by atoms with Crippen molar-refractivity contribution in [1.29, 1.82) is 0 Å². The van der Waals surface area contributed by atoms with Gasteiger partial charge in [-0.25, -0.2) is 0 Å². The van der Waals surface area contributed by atoms with Gasteiger partial charge >= 0.3 is 0 Å². The van der Waals surface area contributed by atoms with Crippen molar-refractivity contribution in [1.82, 2.24) is 5.32 Å². The van der Waals surface area contributed by atoms with Crippen LogP contribution in [0.1, 0.15) is 206 Å². The molecule has 1 amide bonds. The highest BCUT2D eigenvalue weighted by Gasteiger charge is 2.26. The normalized spacial score (nSPS) is 12.9. The summed E-state index contributed by atoms with van der Waals surface area (Å²) in [7, 11) is 0. The molecule has 0 saturated heterocycles. The van der Waals surface area contributed by atoms with Crippen LogP contribution in [-0.2, 0) is 9.59 Å². The fraction of sp³-hybridized carbons (Fsp3) is 0.944. The minimum absolute atomic E-state index is 0.0629. The van der Waals surface area contributed by atoms with Gasteiger partial charge in [-0.15, -0.1) is 0 Å². The maximum absolute atomic E-state index is 12.4. The van der Waals surface area contributed by atoms with Gasteiger partial charge < -0.3 is 21.0 Å². The number of aliphatic hydroxyl groups is 1. The van der Waals surface area contributed by atoms with E-state index in [0.29, 0.717) is 12.8 Å². The topological polar surface area (TPSA) is 92.4 Å². The SMILES string of the molecule is CCCCCCCCCCCCCCCCC(O)(CN)NC(=O)CCCCCCCCCCCCCCCCC=O. The molecule has 0 spiro atoms. The standard InChI is InChI=1S/C36H72N2O3/c1-2-3-4-5-6-7-8-9-14-17-20-23-26-29-32-36(41,34-37)38-35(40)31-28-25-22-19-16-13-11-10-12-15-18-21-24-27-30-33-39/h33,41H,2-32,34,37H2,1H3,(H,38,40). The van der Waals surface area contributed by atoms with Crippen LogP contribution < -0.4 is 11.1 Å². The van der Waals surface area contributed by atoms with Crippen molar-refractivity contribution < 1.29 is 14.7 Å². The summed E-state index contributed by atoms with van der Waals surface area (Å²) in [6.45, 7) is 2.36. The van der Waals surface area contributed by atoms with Gasteiger partial charge in [-0.05, 0) is 25.7 Å². The van der Waals surface area contributed by atoms with Gasteiger partial charge in [-0.1, -0.05) is 167 Å². The maximum atomic E-state index is 12.4. The number of carbonyl (C=O) groups is 2. The quantitative estimate of drug-likeness (QED) is 0.0401. The van der Waals surface area contributed by atoms with E-state index in [0.717, 1.165) is 44.8 Å². The first-order chi connectivity index (χ1) is 20.1. The second-order valence-corrected chi connectivity index (χ2v) is 12.8. The first-order valence-corrected chi connectivity index (χ1v) is 18.2. The zero-order valence-electron chi connectivity index (χ0n) is 27.5. The van der Waals surface area contributed by atoms with Crippen molar-refractivity contribution in [3.8, 4) is 0 Å². The summed E-state index contributed by atoms with van der Waals surface area (Å²) < 4.78 is 0. The third-order valence-corrected chi connectivity index (χ3v) is 8.63. The Bertz CT molecular complexity index is 557. The zero-order valence-corrected chi connectivity index (χ0v) is 27.5. The fourth-order valence-electron chi connectivity index (χ4n) is 5.78. The molecule has 244 valence electrons. The van der Waals surface area contributed by atoms with Crippen LogP contribution in [0.2, 0.25) is 0 Å². The molecular weight excluding hydrogens is 508 g/mol. The van der Waals surface area contributed by atoms with Gasteiger partial charge in [-0.2, -0.15) is 0 Å². The Kier molecular flexibility index (Phi) is 31.3. The molecule has 5 heteroatoms. The van der Waals surface area contributed by atoms with E-state index in [1.165, 1.54) is 148 Å². The Hall–Kier alpha value is -0.940. The first kappa shape index (κ1) is 40.1. The number of carbonyl (C=O) groups excluding carboxylic acids is 2. The van der Waals surface area contributed by atoms with Crippen LogP contribution in [-0.4, -0.2) is 29.6 Å². The predicted molar refractivity (Wildman–Crippen MR) is 177 cm³/mol. The van der Waals surface area contributed by atoms with E-state index in [1.807, 2.05) is 0 Å². The molecule has 0 aromatic rings. The van der Waals surface area contributed by atoms with Crippen LogP contribution in [0.4, 0.5) is 0 Å². The highest BCUT2D eigenvalue weighted by molar-refractivity contribution is 5.76. The molecule has 41 heavy (non-hydrogen) atoms. The predicted octanol–water partition coefficient (Wildman–Crippen LogP) is 10.1. The van der Waals surface area contributed by atoms with E-state index in [2.05, 4.69) is 12.2 Å². The highest BCUT2D eigenvalue weighted by Crippen LogP contribution is 2.17. The number of nitrogens with two attached hydrogens (primary N) is 1. The molecule has 0 heterocycles. The largest absolute Gasteiger partial charge is 0.370 e. The van der Waals surface area contributed by atoms with Crippen molar-refractivity contribution >= 4 is 12.2 Å². The molecular formula is C36H72N2O3. The second-order valence-electron chi connectivity index (χ2n) is 12.8. The lowest BCUT2D eigenvalue weighted by Crippen LogP contribution is -2.53. The van der Waals surface area contributed by atoms with Gasteiger partial charge in [0.25, 0.3) is 0 Å². The van der Waals surface area contributed by atoms with Gasteiger partial charge in [-0.3, -0.25) is 4.79 Å². The van der Waals surface area contributed by atoms with E-state index in [-0.39, 0.29) is 12.5 Å². The highest BCUT2D eigenvalue weighted by atomic mass is 16.3. The van der Waals surface area contributed by atoms with Gasteiger partial charge in [0.05, 0.1) is 0 Å². The number of hydrogen-bond donors (Lipinski definition) is 3. The Labute approximate surface area is 256 Å². The summed E-state index contributed by atoms with van der Waals surface area (Å²) in [6.07, 6.45) is 38.3. The lowest BCUT2D eigenvalue weighted by atomic mass is 10.0. The molecule has 0 saturated carbocycles. The molecule has 0 aliphatic rings. The number of aldehydes is 1. The van der Waals surface area contributed by atoms with Crippen LogP contribution >= 0.6 is 0 Å². The number of amides is 1. The van der Waals surface area contributed by atoms with Crippen LogP contribution in [0.5, 0.6) is 0 Å². The lowest BCUT2D eigenvalue weighted by molar-refractivity contribution is -0.129. The van der Waals surface area contributed by atoms with Crippen molar-refractivity contribution in [2.24, 2.45) is 5.73 Å². The third kappa shape index (κ3) is 30.3. The molecule has 0 aliphatic heterocycles.